The molecule has 1 unspecified atom stereocenters. The Hall–Kier alpha value is -0.910. The number of aromatic nitrogens is 2. The van der Waals surface area contributed by atoms with E-state index in [0.717, 1.165) is 15.3 Å². The monoisotopic (exact) mass is 337 g/mol. The van der Waals surface area contributed by atoms with E-state index < -0.39 is 0 Å². The van der Waals surface area contributed by atoms with Gasteiger partial charge in [0.05, 0.1) is 0 Å². The summed E-state index contributed by atoms with van der Waals surface area (Å²) in [4.78, 5) is 9.92. The highest BCUT2D eigenvalue weighted by atomic mass is 79.9. The Morgan fingerprint density at radius 2 is 2.11 bits per heavy atom. The van der Waals surface area contributed by atoms with Crippen molar-refractivity contribution in [2.45, 2.75) is 29.9 Å². The molecule has 0 amide bonds. The van der Waals surface area contributed by atoms with Crippen LogP contribution in [0, 0.1) is 6.92 Å². The number of rotatable bonds is 4. The molecule has 0 bridgehead atoms. The molecule has 0 aliphatic heterocycles. The predicted octanol–water partition coefficient (Wildman–Crippen LogP) is 3.98. The van der Waals surface area contributed by atoms with Gasteiger partial charge in [-0.1, -0.05) is 22.0 Å². The second-order valence-corrected chi connectivity index (χ2v) is 6.20. The molecular weight excluding hydrogens is 322 g/mol. The summed E-state index contributed by atoms with van der Waals surface area (Å²) >= 11 is 5.11. The fourth-order valence-corrected chi connectivity index (χ4v) is 3.24. The van der Waals surface area contributed by atoms with E-state index in [0.29, 0.717) is 6.04 Å². The van der Waals surface area contributed by atoms with Gasteiger partial charge in [-0.3, -0.25) is 0 Å². The molecule has 0 aliphatic rings. The minimum atomic E-state index is 0.292. The van der Waals surface area contributed by atoms with Gasteiger partial charge in [0, 0.05) is 27.3 Å². The van der Waals surface area contributed by atoms with Gasteiger partial charge in [0.25, 0.3) is 0 Å². The lowest BCUT2D eigenvalue weighted by molar-refractivity contribution is 0.641. The molecule has 100 valence electrons. The van der Waals surface area contributed by atoms with Crippen LogP contribution in [0.1, 0.15) is 24.2 Å². The summed E-state index contributed by atoms with van der Waals surface area (Å²) in [6, 6.07) is 8.50. The topological polar surface area (TPSA) is 37.8 Å². The molecule has 3 nitrogen and oxygen atoms in total. The first-order chi connectivity index (χ1) is 9.10. The Labute approximate surface area is 126 Å². The van der Waals surface area contributed by atoms with E-state index in [4.69, 9.17) is 0 Å². The maximum Gasteiger partial charge on any atom is 0.192 e. The summed E-state index contributed by atoms with van der Waals surface area (Å²) in [5, 5.41) is 4.05. The number of halogens is 1. The Morgan fingerprint density at radius 3 is 2.79 bits per heavy atom. The molecule has 1 aromatic carbocycles. The van der Waals surface area contributed by atoms with E-state index >= 15 is 0 Å². The average Bonchev–Trinajstić information content (AvgIpc) is 2.38. The van der Waals surface area contributed by atoms with Crippen molar-refractivity contribution in [1.82, 2.24) is 15.3 Å². The molecule has 0 aliphatic carbocycles. The fraction of sp³-hybridized carbons (Fsp3) is 0.286. The van der Waals surface area contributed by atoms with Crippen LogP contribution in [0.4, 0.5) is 0 Å². The van der Waals surface area contributed by atoms with Gasteiger partial charge in [-0.2, -0.15) is 0 Å². The first-order valence-electron chi connectivity index (χ1n) is 6.04. The van der Waals surface area contributed by atoms with Gasteiger partial charge < -0.3 is 5.32 Å². The normalized spacial score (nSPS) is 12.4. The van der Waals surface area contributed by atoms with Crippen LogP contribution in [0.5, 0.6) is 0 Å². The van der Waals surface area contributed by atoms with Gasteiger partial charge in [-0.15, -0.1) is 0 Å². The van der Waals surface area contributed by atoms with Crippen molar-refractivity contribution in [3.05, 3.63) is 46.2 Å². The van der Waals surface area contributed by atoms with Crippen LogP contribution in [0.3, 0.4) is 0 Å². The highest BCUT2D eigenvalue weighted by molar-refractivity contribution is 9.10. The van der Waals surface area contributed by atoms with Gasteiger partial charge in [0.2, 0.25) is 0 Å². The van der Waals surface area contributed by atoms with Crippen LogP contribution >= 0.6 is 27.7 Å². The number of hydrogen-bond donors (Lipinski definition) is 1. The van der Waals surface area contributed by atoms with Gasteiger partial charge >= 0.3 is 0 Å². The summed E-state index contributed by atoms with van der Waals surface area (Å²) in [6.45, 7) is 4.12. The van der Waals surface area contributed by atoms with Crippen molar-refractivity contribution >= 4 is 27.7 Å². The molecule has 1 aromatic heterocycles. The van der Waals surface area contributed by atoms with Crippen molar-refractivity contribution in [1.29, 1.82) is 0 Å². The minimum absolute atomic E-state index is 0.292. The first-order valence-corrected chi connectivity index (χ1v) is 7.65. The van der Waals surface area contributed by atoms with Crippen LogP contribution in [0.25, 0.3) is 0 Å². The molecule has 2 aromatic rings. The Morgan fingerprint density at radius 1 is 1.32 bits per heavy atom. The van der Waals surface area contributed by atoms with Crippen LogP contribution in [-0.2, 0) is 0 Å². The lowest BCUT2D eigenvalue weighted by atomic mass is 10.1. The largest absolute Gasteiger partial charge is 0.313 e. The van der Waals surface area contributed by atoms with Crippen molar-refractivity contribution in [3.63, 3.8) is 0 Å². The summed E-state index contributed by atoms with van der Waals surface area (Å²) in [5.74, 6) is 0. The van der Waals surface area contributed by atoms with E-state index in [1.807, 2.05) is 20.0 Å². The van der Waals surface area contributed by atoms with Crippen molar-refractivity contribution < 1.29 is 0 Å². The summed E-state index contributed by atoms with van der Waals surface area (Å²) < 4.78 is 1.06. The molecular formula is C14H16BrN3S. The molecule has 19 heavy (non-hydrogen) atoms. The lowest BCUT2D eigenvalue weighted by Crippen LogP contribution is -2.13. The molecule has 1 atom stereocenters. The first kappa shape index (κ1) is 14.5. The third-order valence-corrected chi connectivity index (χ3v) is 4.30. The van der Waals surface area contributed by atoms with E-state index in [-0.39, 0.29) is 0 Å². The van der Waals surface area contributed by atoms with E-state index in [1.165, 1.54) is 10.5 Å². The zero-order valence-corrected chi connectivity index (χ0v) is 13.5. The van der Waals surface area contributed by atoms with Crippen LogP contribution < -0.4 is 5.32 Å². The highest BCUT2D eigenvalue weighted by Gasteiger charge is 2.12. The Balaban J connectivity index is 2.35. The zero-order chi connectivity index (χ0) is 13.8. The fourth-order valence-electron chi connectivity index (χ4n) is 1.68. The van der Waals surface area contributed by atoms with Gasteiger partial charge in [-0.05, 0) is 56.4 Å². The van der Waals surface area contributed by atoms with Crippen molar-refractivity contribution in [3.8, 4) is 0 Å². The standard InChI is InChI=1S/C14H16BrN3S/c1-9-6-7-17-14(18-9)19-13-8-11(15)4-5-12(13)10(2)16-3/h4-8,10,16H,1-3H3. The van der Waals surface area contributed by atoms with Gasteiger partial charge in [0.1, 0.15) is 0 Å². The summed E-state index contributed by atoms with van der Waals surface area (Å²) in [7, 11) is 1.96. The van der Waals surface area contributed by atoms with Gasteiger partial charge in [-0.25, -0.2) is 9.97 Å². The van der Waals surface area contributed by atoms with E-state index in [1.54, 1.807) is 18.0 Å². The van der Waals surface area contributed by atoms with Gasteiger partial charge in [0.15, 0.2) is 5.16 Å². The minimum Gasteiger partial charge on any atom is -0.313 e. The molecule has 0 saturated carbocycles. The second-order valence-electron chi connectivity index (χ2n) is 4.28. The quantitative estimate of drug-likeness (QED) is 0.856. The molecule has 0 spiro atoms. The number of aryl methyl sites for hydroxylation is 1. The second kappa shape index (κ2) is 6.50. The average molecular weight is 338 g/mol. The van der Waals surface area contributed by atoms with E-state index in [9.17, 15) is 0 Å². The number of nitrogens with one attached hydrogen (secondary N) is 1. The zero-order valence-electron chi connectivity index (χ0n) is 11.1. The SMILES string of the molecule is CNC(C)c1ccc(Br)cc1Sc1nccc(C)n1. The lowest BCUT2D eigenvalue weighted by Gasteiger charge is -2.15. The number of benzene rings is 1. The maximum absolute atomic E-state index is 4.44. The molecule has 5 heteroatoms. The molecule has 1 heterocycles. The molecule has 1 N–H and O–H groups in total. The summed E-state index contributed by atoms with van der Waals surface area (Å²) in [5.41, 5.74) is 2.23. The number of hydrogen-bond acceptors (Lipinski definition) is 4. The molecule has 2 rings (SSSR count). The highest BCUT2D eigenvalue weighted by Crippen LogP contribution is 2.33. The molecule has 0 fully saturated rings. The van der Waals surface area contributed by atoms with Crippen molar-refractivity contribution in [2.75, 3.05) is 7.05 Å². The Bertz CT molecular complexity index is 574. The smallest absolute Gasteiger partial charge is 0.192 e. The maximum atomic E-state index is 4.44. The van der Waals surface area contributed by atoms with Crippen molar-refractivity contribution in [2.24, 2.45) is 0 Å². The molecule has 0 radical (unpaired) electrons. The molecule has 0 saturated heterocycles. The predicted molar refractivity (Wildman–Crippen MR) is 82.5 cm³/mol. The van der Waals surface area contributed by atoms with E-state index in [2.05, 4.69) is 56.3 Å². The number of nitrogens with zero attached hydrogens (tertiary/aromatic N) is 2. The third-order valence-electron chi connectivity index (χ3n) is 2.85. The Kier molecular flexibility index (Phi) is 4.96. The third kappa shape index (κ3) is 3.78. The van der Waals surface area contributed by atoms with Crippen LogP contribution in [-0.4, -0.2) is 17.0 Å². The van der Waals surface area contributed by atoms with Crippen LogP contribution in [0.2, 0.25) is 0 Å². The van der Waals surface area contributed by atoms with Crippen LogP contribution in [0.15, 0.2) is 45.0 Å². The summed E-state index contributed by atoms with van der Waals surface area (Å²) in [6.07, 6.45) is 1.80.